The molecule has 0 spiro atoms. The van der Waals surface area contributed by atoms with Crippen molar-refractivity contribution in [3.8, 4) is 0 Å². The van der Waals surface area contributed by atoms with E-state index < -0.39 is 10.4 Å². The molecular weight excluding hydrogens is 232 g/mol. The van der Waals surface area contributed by atoms with Gasteiger partial charge in [0.15, 0.2) is 0 Å². The van der Waals surface area contributed by atoms with Crippen LogP contribution in [0.1, 0.15) is 0 Å². The van der Waals surface area contributed by atoms with Crippen molar-refractivity contribution in [1.82, 2.24) is 0 Å². The van der Waals surface area contributed by atoms with Gasteiger partial charge >= 0.3 is 55.9 Å². The average Bonchev–Trinajstić information content (AvgIpc) is 0.722. The van der Waals surface area contributed by atoms with E-state index in [9.17, 15) is 0 Å². The van der Waals surface area contributed by atoms with E-state index in [1.54, 1.807) is 0 Å². The molecule has 0 saturated carbocycles. The molecule has 7 heavy (non-hydrogen) atoms. The number of hydrogen-bond acceptors (Lipinski definition) is 2. The summed E-state index contributed by atoms with van der Waals surface area (Å²) in [6.45, 7) is 0. The standard InChI is InChI=1S/H2O4S.Sr.Ti.2H/c1-5(2,3)4;;;;/h(H2,1,2,3,4);;;;. The first-order valence-electron chi connectivity index (χ1n) is 0.698. The molecule has 0 aromatic carbocycles. The Hall–Kier alpha value is 2.06. The van der Waals surface area contributed by atoms with Crippen LogP contribution in [0, 0.1) is 0 Å². The largest absolute Gasteiger partial charge is 0 e. The monoisotopic (exact) mass is 236 g/mol. The van der Waals surface area contributed by atoms with Crippen molar-refractivity contribution in [2.45, 2.75) is 0 Å². The minimum atomic E-state index is -4.67. The van der Waals surface area contributed by atoms with Gasteiger partial charge in [-0.3, -0.25) is 9.11 Å². The van der Waals surface area contributed by atoms with Gasteiger partial charge in [-0.05, 0) is 0 Å². The zero-order valence-electron chi connectivity index (χ0n) is 2.62. The molecule has 0 amide bonds. The third-order valence-corrected chi connectivity index (χ3v) is 0. The maximum Gasteiger partial charge on any atom is 0 e. The Labute approximate surface area is 93.4 Å². The van der Waals surface area contributed by atoms with Gasteiger partial charge in [-0.2, -0.15) is 8.42 Å². The van der Waals surface area contributed by atoms with Crippen LogP contribution in [0.2, 0.25) is 0 Å². The minimum Gasteiger partial charge on any atom is 0 e. The number of hydrogen-bond donors (Lipinski definition) is 2. The Kier molecular flexibility index (Phi) is 14.2. The van der Waals surface area contributed by atoms with Gasteiger partial charge in [0.25, 0.3) is 0 Å². The van der Waals surface area contributed by atoms with Gasteiger partial charge in [0, 0.05) is 21.7 Å². The van der Waals surface area contributed by atoms with E-state index in [4.69, 9.17) is 17.5 Å². The van der Waals surface area contributed by atoms with Crippen LogP contribution in [0.5, 0.6) is 0 Å². The Bertz CT molecular complexity index is 94.9. The molecule has 0 aliphatic rings. The molecule has 0 saturated heterocycles. The van der Waals surface area contributed by atoms with Gasteiger partial charge < -0.3 is 0 Å². The topological polar surface area (TPSA) is 74.6 Å². The van der Waals surface area contributed by atoms with Gasteiger partial charge in [0.2, 0.25) is 0 Å². The molecule has 0 aliphatic heterocycles. The molecule has 7 heteroatoms. The smallest absolute Gasteiger partial charge is 0 e. The van der Waals surface area contributed by atoms with E-state index in [2.05, 4.69) is 0 Å². The van der Waals surface area contributed by atoms with Crippen molar-refractivity contribution in [2.24, 2.45) is 0 Å². The second-order valence-corrected chi connectivity index (χ2v) is 1.34. The fraction of sp³-hybridized carbons (Fsp3) is 0. The third kappa shape index (κ3) is 69.6. The van der Waals surface area contributed by atoms with Gasteiger partial charge in [-0.15, -0.1) is 0 Å². The van der Waals surface area contributed by atoms with Gasteiger partial charge in [-0.1, -0.05) is 0 Å². The van der Waals surface area contributed by atoms with Gasteiger partial charge in [0.1, 0.15) is 0 Å². The maximum absolute atomic E-state index is 8.74. The molecule has 0 unspecified atom stereocenters. The fourth-order valence-electron chi connectivity index (χ4n) is 0. The van der Waals surface area contributed by atoms with Crippen molar-refractivity contribution >= 4 is 55.9 Å². The van der Waals surface area contributed by atoms with Crippen molar-refractivity contribution < 1.29 is 39.2 Å². The first-order chi connectivity index (χ1) is 2.00. The van der Waals surface area contributed by atoms with E-state index in [0.717, 1.165) is 0 Å². The molecule has 0 aromatic heterocycles. The minimum absolute atomic E-state index is 0. The summed E-state index contributed by atoms with van der Waals surface area (Å²) in [7, 11) is -4.67. The van der Waals surface area contributed by atoms with Crippen molar-refractivity contribution in [3.05, 3.63) is 0 Å². The van der Waals surface area contributed by atoms with Crippen LogP contribution in [0.15, 0.2) is 0 Å². The zero-order chi connectivity index (χ0) is 4.50. The predicted octanol–water partition coefficient (Wildman–Crippen LogP) is -1.57. The van der Waals surface area contributed by atoms with Crippen molar-refractivity contribution in [3.63, 3.8) is 0 Å². The molecule has 0 bridgehead atoms. The fourth-order valence-corrected chi connectivity index (χ4v) is 0. The van der Waals surface area contributed by atoms with E-state index in [0.29, 0.717) is 0 Å². The zero-order valence-corrected chi connectivity index (χ0v) is 5.00. The van der Waals surface area contributed by atoms with Crippen LogP contribution in [0.3, 0.4) is 0 Å². The van der Waals surface area contributed by atoms with E-state index in [-0.39, 0.29) is 67.2 Å². The molecule has 40 valence electrons. The van der Waals surface area contributed by atoms with E-state index >= 15 is 0 Å². The molecule has 4 nitrogen and oxygen atoms in total. The summed E-state index contributed by atoms with van der Waals surface area (Å²) in [6.07, 6.45) is 0. The summed E-state index contributed by atoms with van der Waals surface area (Å²) in [4.78, 5) is 0. The normalized spacial score (nSPS) is 8.29. The van der Waals surface area contributed by atoms with Crippen LogP contribution in [-0.2, 0) is 32.1 Å². The molecule has 0 radical (unpaired) electrons. The summed E-state index contributed by atoms with van der Waals surface area (Å²) in [5.41, 5.74) is 0. The first kappa shape index (κ1) is 16.0. The second-order valence-electron chi connectivity index (χ2n) is 0.448. The summed E-state index contributed by atoms with van der Waals surface area (Å²) in [5, 5.41) is 0. The quantitative estimate of drug-likeness (QED) is 0.393. The Balaban J connectivity index is -0.0000000800. The summed E-state index contributed by atoms with van der Waals surface area (Å²) < 4.78 is 31.6. The average molecular weight is 236 g/mol. The Morgan fingerprint density at radius 1 is 1.14 bits per heavy atom. The van der Waals surface area contributed by atoms with Crippen LogP contribution in [0.25, 0.3) is 0 Å². The Morgan fingerprint density at radius 2 is 1.14 bits per heavy atom. The molecule has 0 fully saturated rings. The second kappa shape index (κ2) is 6.19. The first-order valence-corrected chi connectivity index (χ1v) is 2.10. The summed E-state index contributed by atoms with van der Waals surface area (Å²) >= 11 is 0. The van der Waals surface area contributed by atoms with Gasteiger partial charge in [-0.25, -0.2) is 0 Å². The SMILES string of the molecule is O=S(=O)(O)O.[SrH2].[Ti]. The maximum atomic E-state index is 8.74. The Morgan fingerprint density at radius 3 is 1.14 bits per heavy atom. The van der Waals surface area contributed by atoms with Crippen LogP contribution in [0.4, 0.5) is 0 Å². The van der Waals surface area contributed by atoms with Gasteiger partial charge in [0.05, 0.1) is 0 Å². The molecule has 2 N–H and O–H groups in total. The van der Waals surface area contributed by atoms with Crippen LogP contribution >= 0.6 is 0 Å². The van der Waals surface area contributed by atoms with Crippen LogP contribution in [-0.4, -0.2) is 63.0 Å². The molecular formula is H4O4SSrTi. The molecule has 0 rings (SSSR count). The van der Waals surface area contributed by atoms with Crippen molar-refractivity contribution in [1.29, 1.82) is 0 Å². The summed E-state index contributed by atoms with van der Waals surface area (Å²) in [5.74, 6) is 0. The van der Waals surface area contributed by atoms with E-state index in [1.807, 2.05) is 0 Å². The summed E-state index contributed by atoms with van der Waals surface area (Å²) in [6, 6.07) is 0. The molecule has 0 atom stereocenters. The third-order valence-electron chi connectivity index (χ3n) is 0. The molecule has 0 aliphatic carbocycles. The number of rotatable bonds is 0. The van der Waals surface area contributed by atoms with E-state index in [1.165, 1.54) is 0 Å². The van der Waals surface area contributed by atoms with Crippen LogP contribution < -0.4 is 0 Å². The molecule has 0 aromatic rings. The molecule has 0 heterocycles. The predicted molar refractivity (Wildman–Crippen MR) is 22.7 cm³/mol. The van der Waals surface area contributed by atoms with Crippen molar-refractivity contribution in [2.75, 3.05) is 0 Å².